The standard InChI is InChI=1S/C8H24O14Si8.4Na/c1-23(9)13-27(5)15-24(2,10)16-28(6,14-23)22-30(8)18-25(3,11)17-29(7,21-27)19-26(4,12)20-30;;;;/h1-8H3;;;;/q-4;4*+1. The van der Waals surface area contributed by atoms with Crippen LogP contribution in [0, 0.1) is 0 Å². The summed E-state index contributed by atoms with van der Waals surface area (Å²) in [5.41, 5.74) is 0. The first-order chi connectivity index (χ1) is 13.1. The Morgan fingerprint density at radius 1 is 0.294 bits per heavy atom. The van der Waals surface area contributed by atoms with Crippen LogP contribution in [0.15, 0.2) is 0 Å². The molecule has 6 aliphatic heterocycles. The molecule has 0 aliphatic carbocycles. The Labute approximate surface area is 296 Å². The van der Waals surface area contributed by atoms with E-state index in [2.05, 4.69) is 0 Å². The minimum atomic E-state index is -4.31. The Bertz CT molecular complexity index is 573. The summed E-state index contributed by atoms with van der Waals surface area (Å²) >= 11 is 0. The summed E-state index contributed by atoms with van der Waals surface area (Å²) in [6.07, 6.45) is 0. The molecule has 0 N–H and O–H groups in total. The van der Waals surface area contributed by atoms with Crippen LogP contribution in [0.5, 0.6) is 0 Å². The van der Waals surface area contributed by atoms with Gasteiger partial charge in [-0.1, -0.05) is 0 Å². The molecule has 6 saturated heterocycles. The fourth-order valence-corrected chi connectivity index (χ4v) is 39.3. The summed E-state index contributed by atoms with van der Waals surface area (Å²) in [6, 6.07) is 0. The molecule has 0 atom stereocenters. The molecular formula is C8H24Na4O14Si8. The van der Waals surface area contributed by atoms with Gasteiger partial charge >= 0.3 is 153 Å². The third-order valence-electron chi connectivity index (χ3n) is 3.71. The molecule has 176 valence electrons. The molecule has 6 heterocycles. The van der Waals surface area contributed by atoms with E-state index in [1.165, 1.54) is 26.2 Å². The van der Waals surface area contributed by atoms with Crippen molar-refractivity contribution in [3.05, 3.63) is 0 Å². The van der Waals surface area contributed by atoms with Gasteiger partial charge in [-0.05, 0) is 26.2 Å². The van der Waals surface area contributed by atoms with Crippen LogP contribution in [0.25, 0.3) is 0 Å². The van der Waals surface area contributed by atoms with Gasteiger partial charge in [0.25, 0.3) is 0 Å². The van der Waals surface area contributed by atoms with Gasteiger partial charge in [0.1, 0.15) is 0 Å². The van der Waals surface area contributed by atoms with Crippen LogP contribution < -0.4 is 137 Å². The number of rotatable bonds is 0. The van der Waals surface area contributed by atoms with Gasteiger partial charge in [0, 0.05) is 26.2 Å². The molecule has 0 aromatic heterocycles. The van der Waals surface area contributed by atoms with Crippen LogP contribution in [0.2, 0.25) is 52.4 Å². The molecule has 6 rings (SSSR count). The molecule has 0 saturated carbocycles. The van der Waals surface area contributed by atoms with E-state index in [0.29, 0.717) is 0 Å². The largest absolute Gasteiger partial charge is 1.00 e. The summed E-state index contributed by atoms with van der Waals surface area (Å²) in [5.74, 6) is 0. The first-order valence-electron chi connectivity index (χ1n) is 8.90. The van der Waals surface area contributed by atoms with Crippen molar-refractivity contribution in [3.8, 4) is 0 Å². The molecule has 0 aromatic rings. The van der Waals surface area contributed by atoms with Crippen molar-refractivity contribution in [1.82, 2.24) is 0 Å². The molecule has 0 spiro atoms. The predicted octanol–water partition coefficient (Wildman–Crippen LogP) is -15.8. The monoisotopic (exact) mass is 660 g/mol. The van der Waals surface area contributed by atoms with Crippen molar-refractivity contribution in [3.63, 3.8) is 0 Å². The van der Waals surface area contributed by atoms with Crippen LogP contribution >= 0.6 is 0 Å². The second kappa shape index (κ2) is 13.2. The molecule has 26 heteroatoms. The van der Waals surface area contributed by atoms with Crippen molar-refractivity contribution in [2.75, 3.05) is 0 Å². The van der Waals surface area contributed by atoms with Gasteiger partial charge in [-0.2, -0.15) is 0 Å². The van der Waals surface area contributed by atoms with Crippen molar-refractivity contribution in [1.29, 1.82) is 0 Å². The molecule has 4 bridgehead atoms. The zero-order chi connectivity index (χ0) is 23.1. The van der Waals surface area contributed by atoms with Gasteiger partial charge < -0.3 is 60.3 Å². The van der Waals surface area contributed by atoms with Gasteiger partial charge in [-0.25, -0.2) is 0 Å². The van der Waals surface area contributed by atoms with E-state index in [-0.39, 0.29) is 118 Å². The van der Waals surface area contributed by atoms with E-state index in [0.717, 1.165) is 26.2 Å². The SMILES string of the molecule is C[Si]1([O-])O[Si]2(C)O[Si](C)([O-])O[Si](C)(O1)O[Si]1(C)O[Si](C)([O-])O[Si](C)(O[Si](C)([O-])O1)O2.[Na+].[Na+].[Na+].[Na+]. The van der Waals surface area contributed by atoms with Gasteiger partial charge in [-0.3, -0.25) is 0 Å². The molecule has 0 amide bonds. The van der Waals surface area contributed by atoms with Gasteiger partial charge in [0.05, 0.1) is 0 Å². The van der Waals surface area contributed by atoms with Crippen molar-refractivity contribution < 1.29 is 179 Å². The van der Waals surface area contributed by atoms with Crippen molar-refractivity contribution >= 4 is 70.4 Å². The average Bonchev–Trinajstić information content (AvgIpc) is 2.22. The minimum Gasteiger partial charge on any atom is -0.818 e. The third kappa shape index (κ3) is 11.5. The molecule has 0 unspecified atom stereocenters. The van der Waals surface area contributed by atoms with E-state index >= 15 is 0 Å². The molecular weight excluding hydrogens is 637 g/mol. The predicted molar refractivity (Wildman–Crippen MR) is 104 cm³/mol. The summed E-state index contributed by atoms with van der Waals surface area (Å²) in [7, 11) is -34.0. The Morgan fingerprint density at radius 3 is 0.529 bits per heavy atom. The third-order valence-corrected chi connectivity index (χ3v) is 33.4. The Kier molecular flexibility index (Phi) is 16.1. The topological polar surface area (TPSA) is 185 Å². The Hall–Kier alpha value is 5.18. The molecule has 0 aromatic carbocycles. The minimum absolute atomic E-state index is 0. The maximum atomic E-state index is 13.1. The first kappa shape index (κ1) is 41.3. The normalized spacial score (nSPS) is 53.3. The number of hydrogen-bond acceptors (Lipinski definition) is 14. The second-order valence-electron chi connectivity index (χ2n) is 7.92. The van der Waals surface area contributed by atoms with Crippen LogP contribution in [0.3, 0.4) is 0 Å². The van der Waals surface area contributed by atoms with Crippen molar-refractivity contribution in [2.45, 2.75) is 52.4 Å². The zero-order valence-corrected chi connectivity index (χ0v) is 37.7. The fraction of sp³-hybridized carbons (Fsp3) is 1.00. The molecule has 6 fully saturated rings. The summed E-state index contributed by atoms with van der Waals surface area (Å²) in [6.45, 7) is 9.71. The van der Waals surface area contributed by atoms with E-state index < -0.39 is 70.4 Å². The molecule has 6 aliphatic rings. The molecule has 34 heavy (non-hydrogen) atoms. The van der Waals surface area contributed by atoms with Crippen LogP contribution in [-0.2, 0) is 41.2 Å². The van der Waals surface area contributed by atoms with E-state index in [1.54, 1.807) is 0 Å². The maximum absolute atomic E-state index is 13.1. The molecule has 14 nitrogen and oxygen atoms in total. The van der Waals surface area contributed by atoms with Gasteiger partial charge in [0.15, 0.2) is 0 Å². The summed E-state index contributed by atoms with van der Waals surface area (Å²) in [5, 5.41) is 0. The van der Waals surface area contributed by atoms with E-state index in [1.807, 2.05) is 0 Å². The molecule has 0 radical (unpaired) electrons. The first-order valence-corrected chi connectivity index (χ1v) is 26.7. The smallest absolute Gasteiger partial charge is 0.818 e. The van der Waals surface area contributed by atoms with Gasteiger partial charge in [0.2, 0.25) is 35.2 Å². The maximum Gasteiger partial charge on any atom is 1.00 e. The summed E-state index contributed by atoms with van der Waals surface area (Å²) in [4.78, 5) is 52.4. The Balaban J connectivity index is 0. The van der Waals surface area contributed by atoms with Crippen LogP contribution in [0.1, 0.15) is 0 Å². The van der Waals surface area contributed by atoms with E-state index in [4.69, 9.17) is 41.2 Å². The van der Waals surface area contributed by atoms with Gasteiger partial charge in [-0.15, -0.1) is 0 Å². The quantitative estimate of drug-likeness (QED) is 0.223. The zero-order valence-electron chi connectivity index (χ0n) is 21.7. The second-order valence-corrected chi connectivity index (χ2v) is 29.9. The van der Waals surface area contributed by atoms with Crippen LogP contribution in [-0.4, -0.2) is 70.4 Å². The average molecular weight is 661 g/mol. The van der Waals surface area contributed by atoms with E-state index in [9.17, 15) is 19.2 Å². The number of hydrogen-bond donors (Lipinski definition) is 0. The Morgan fingerprint density at radius 2 is 0.412 bits per heavy atom. The van der Waals surface area contributed by atoms with Crippen LogP contribution in [0.4, 0.5) is 0 Å². The summed E-state index contributed by atoms with van der Waals surface area (Å²) < 4.78 is 56.4. The van der Waals surface area contributed by atoms with Crippen molar-refractivity contribution in [2.24, 2.45) is 0 Å². The fourth-order valence-electron chi connectivity index (χ4n) is 3.70.